The smallest absolute Gasteiger partial charge is 0.239 e. The molecule has 0 radical (unpaired) electrons. The monoisotopic (exact) mass is 284 g/mol. The maximum absolute atomic E-state index is 11.5. The average Bonchev–Trinajstić information content (AvgIpc) is 2.23. The number of carbonyl (C=O) groups excluding carboxylic acids is 1. The highest BCUT2D eigenvalue weighted by molar-refractivity contribution is 6.29. The lowest BCUT2D eigenvalue weighted by Crippen LogP contribution is -2.35. The number of nitrogens with zero attached hydrogens (tertiary/aromatic N) is 2. The van der Waals surface area contributed by atoms with Crippen LogP contribution in [0.4, 0.5) is 5.82 Å². The second-order valence-corrected chi connectivity index (χ2v) is 6.11. The molecule has 0 aliphatic carbocycles. The van der Waals surface area contributed by atoms with E-state index in [9.17, 15) is 4.79 Å². The van der Waals surface area contributed by atoms with Crippen molar-refractivity contribution < 1.29 is 4.79 Å². The molecular formula is C13H21ClN4O. The van der Waals surface area contributed by atoms with Crippen LogP contribution in [0.3, 0.4) is 0 Å². The van der Waals surface area contributed by atoms with E-state index in [0.29, 0.717) is 16.8 Å². The average molecular weight is 285 g/mol. The van der Waals surface area contributed by atoms with E-state index in [1.54, 1.807) is 6.07 Å². The summed E-state index contributed by atoms with van der Waals surface area (Å²) < 4.78 is 0. The summed E-state index contributed by atoms with van der Waals surface area (Å²) in [5.74, 6) is 1.12. The maximum Gasteiger partial charge on any atom is 0.239 e. The summed E-state index contributed by atoms with van der Waals surface area (Å²) in [6.07, 6.45) is 0. The van der Waals surface area contributed by atoms with Gasteiger partial charge >= 0.3 is 0 Å². The van der Waals surface area contributed by atoms with Crippen LogP contribution in [0.5, 0.6) is 0 Å². The molecule has 0 saturated heterocycles. The van der Waals surface area contributed by atoms with Gasteiger partial charge in [0.25, 0.3) is 0 Å². The van der Waals surface area contributed by atoms with Crippen LogP contribution in [0.25, 0.3) is 0 Å². The minimum absolute atomic E-state index is 0.0814. The molecular weight excluding hydrogens is 264 g/mol. The van der Waals surface area contributed by atoms with Gasteiger partial charge in [0.1, 0.15) is 16.8 Å². The molecule has 1 rings (SSSR count). The van der Waals surface area contributed by atoms with Gasteiger partial charge in [0.15, 0.2) is 0 Å². The second kappa shape index (κ2) is 6.19. The molecule has 0 atom stereocenters. The molecule has 1 amide bonds. The van der Waals surface area contributed by atoms with E-state index in [1.807, 2.05) is 34.6 Å². The predicted molar refractivity (Wildman–Crippen MR) is 77.5 cm³/mol. The van der Waals surface area contributed by atoms with Gasteiger partial charge in [0.05, 0.1) is 6.54 Å². The van der Waals surface area contributed by atoms with Crippen LogP contribution in [-0.2, 0) is 10.2 Å². The minimum atomic E-state index is -0.193. The fourth-order valence-electron chi connectivity index (χ4n) is 1.39. The van der Waals surface area contributed by atoms with Crippen molar-refractivity contribution in [3.8, 4) is 0 Å². The molecule has 0 aliphatic rings. The van der Waals surface area contributed by atoms with Crippen molar-refractivity contribution in [2.75, 3.05) is 11.9 Å². The van der Waals surface area contributed by atoms with Gasteiger partial charge in [-0.3, -0.25) is 4.79 Å². The highest BCUT2D eigenvalue weighted by Crippen LogP contribution is 2.22. The van der Waals surface area contributed by atoms with E-state index in [-0.39, 0.29) is 23.9 Å². The van der Waals surface area contributed by atoms with Crippen LogP contribution in [0.15, 0.2) is 6.07 Å². The van der Waals surface area contributed by atoms with Gasteiger partial charge in [0, 0.05) is 17.5 Å². The van der Waals surface area contributed by atoms with Gasteiger partial charge in [0.2, 0.25) is 5.91 Å². The maximum atomic E-state index is 11.5. The van der Waals surface area contributed by atoms with Crippen LogP contribution in [0.2, 0.25) is 5.15 Å². The van der Waals surface area contributed by atoms with Gasteiger partial charge in [-0.05, 0) is 13.8 Å². The zero-order chi connectivity index (χ0) is 14.6. The Labute approximate surface area is 119 Å². The molecule has 0 aliphatic heterocycles. The predicted octanol–water partition coefficient (Wildman–Crippen LogP) is 2.36. The van der Waals surface area contributed by atoms with Crippen molar-refractivity contribution in [1.82, 2.24) is 15.3 Å². The summed E-state index contributed by atoms with van der Waals surface area (Å²) in [7, 11) is 0. The van der Waals surface area contributed by atoms with E-state index < -0.39 is 0 Å². The van der Waals surface area contributed by atoms with Crippen molar-refractivity contribution in [2.45, 2.75) is 46.1 Å². The normalized spacial score (nSPS) is 11.5. The Balaban J connectivity index is 2.74. The fourth-order valence-corrected chi connectivity index (χ4v) is 1.57. The number of nitrogens with one attached hydrogen (secondary N) is 2. The number of anilines is 1. The summed E-state index contributed by atoms with van der Waals surface area (Å²) in [6, 6.07) is 1.73. The Morgan fingerprint density at radius 2 is 2.00 bits per heavy atom. The van der Waals surface area contributed by atoms with E-state index in [0.717, 1.165) is 0 Å². The third-order valence-electron chi connectivity index (χ3n) is 2.25. The number of hydrogen-bond donors (Lipinski definition) is 2. The summed E-state index contributed by atoms with van der Waals surface area (Å²) in [6.45, 7) is 10.0. The summed E-state index contributed by atoms with van der Waals surface area (Å²) in [5.41, 5.74) is -0.193. The molecule has 0 spiro atoms. The number of carbonyl (C=O) groups is 1. The summed E-state index contributed by atoms with van der Waals surface area (Å²) >= 11 is 5.96. The van der Waals surface area contributed by atoms with Gasteiger partial charge in [-0.1, -0.05) is 32.4 Å². The Kier molecular flexibility index (Phi) is 5.11. The van der Waals surface area contributed by atoms with Crippen molar-refractivity contribution in [1.29, 1.82) is 0 Å². The molecule has 1 heterocycles. The molecule has 0 aromatic carbocycles. The molecule has 1 aromatic heterocycles. The lowest BCUT2D eigenvalue weighted by molar-refractivity contribution is -0.119. The largest absolute Gasteiger partial charge is 0.361 e. The lowest BCUT2D eigenvalue weighted by atomic mass is 9.96. The number of amides is 1. The van der Waals surface area contributed by atoms with E-state index >= 15 is 0 Å². The molecule has 19 heavy (non-hydrogen) atoms. The van der Waals surface area contributed by atoms with Crippen molar-refractivity contribution in [3.05, 3.63) is 17.0 Å². The molecule has 2 N–H and O–H groups in total. The summed E-state index contributed by atoms with van der Waals surface area (Å²) in [4.78, 5) is 20.1. The quantitative estimate of drug-likeness (QED) is 0.833. The van der Waals surface area contributed by atoms with Crippen molar-refractivity contribution in [3.63, 3.8) is 0 Å². The molecule has 1 aromatic rings. The number of halogens is 1. The molecule has 0 bridgehead atoms. The summed E-state index contributed by atoms with van der Waals surface area (Å²) in [5, 5.41) is 6.12. The Hall–Kier alpha value is -1.36. The molecule has 0 unspecified atom stereocenters. The Morgan fingerprint density at radius 1 is 1.37 bits per heavy atom. The molecule has 0 fully saturated rings. The van der Waals surface area contributed by atoms with Crippen LogP contribution < -0.4 is 10.6 Å². The topological polar surface area (TPSA) is 66.9 Å². The third kappa shape index (κ3) is 5.42. The van der Waals surface area contributed by atoms with Crippen molar-refractivity contribution in [2.24, 2.45) is 0 Å². The van der Waals surface area contributed by atoms with Crippen LogP contribution >= 0.6 is 11.6 Å². The first-order valence-electron chi connectivity index (χ1n) is 6.27. The second-order valence-electron chi connectivity index (χ2n) is 5.73. The Morgan fingerprint density at radius 3 is 2.53 bits per heavy atom. The highest BCUT2D eigenvalue weighted by Gasteiger charge is 2.19. The third-order valence-corrected chi connectivity index (χ3v) is 2.44. The molecule has 5 nitrogen and oxygen atoms in total. The first-order chi connectivity index (χ1) is 8.68. The zero-order valence-electron chi connectivity index (χ0n) is 12.0. The van der Waals surface area contributed by atoms with E-state index in [4.69, 9.17) is 11.6 Å². The SMILES string of the molecule is CC(C)NC(=O)CNc1cc(Cl)nc(C(C)(C)C)n1. The standard InChI is InChI=1S/C13H21ClN4O/c1-8(2)16-11(19)7-15-10-6-9(14)17-12(18-10)13(3,4)5/h6,8H,7H2,1-5H3,(H,16,19)(H,15,17,18). The minimum Gasteiger partial charge on any atom is -0.361 e. The van der Waals surface area contributed by atoms with Gasteiger partial charge in [-0.15, -0.1) is 0 Å². The first kappa shape index (κ1) is 15.7. The van der Waals surface area contributed by atoms with Crippen LogP contribution in [0, 0.1) is 0 Å². The zero-order valence-corrected chi connectivity index (χ0v) is 12.8. The fraction of sp³-hybridized carbons (Fsp3) is 0.615. The highest BCUT2D eigenvalue weighted by atomic mass is 35.5. The van der Waals surface area contributed by atoms with Crippen LogP contribution in [-0.4, -0.2) is 28.5 Å². The number of aromatic nitrogens is 2. The van der Waals surface area contributed by atoms with Crippen molar-refractivity contribution >= 4 is 23.3 Å². The lowest BCUT2D eigenvalue weighted by Gasteiger charge is -2.18. The van der Waals surface area contributed by atoms with Crippen LogP contribution in [0.1, 0.15) is 40.4 Å². The molecule has 0 saturated carbocycles. The van der Waals surface area contributed by atoms with Gasteiger partial charge < -0.3 is 10.6 Å². The molecule has 106 valence electrons. The van der Waals surface area contributed by atoms with Gasteiger partial charge in [-0.2, -0.15) is 0 Å². The van der Waals surface area contributed by atoms with Gasteiger partial charge in [-0.25, -0.2) is 9.97 Å². The van der Waals surface area contributed by atoms with E-state index in [1.165, 1.54) is 0 Å². The number of rotatable bonds is 4. The number of hydrogen-bond acceptors (Lipinski definition) is 4. The molecule has 6 heteroatoms. The van der Waals surface area contributed by atoms with E-state index in [2.05, 4.69) is 20.6 Å². The Bertz CT molecular complexity index is 454. The first-order valence-corrected chi connectivity index (χ1v) is 6.64.